The molecule has 0 unspecified atom stereocenters. The highest BCUT2D eigenvalue weighted by Gasteiger charge is 2.08. The molecule has 0 fully saturated rings. The fraction of sp³-hybridized carbons (Fsp3) is 0.0588. The van der Waals surface area contributed by atoms with Crippen LogP contribution >= 0.6 is 22.6 Å². The second-order valence-corrected chi connectivity index (χ2v) is 6.34. The van der Waals surface area contributed by atoms with E-state index in [0.717, 1.165) is 20.4 Å². The van der Waals surface area contributed by atoms with Crippen LogP contribution < -0.4 is 5.32 Å². The van der Waals surface area contributed by atoms with Gasteiger partial charge >= 0.3 is 0 Å². The van der Waals surface area contributed by atoms with Gasteiger partial charge in [0, 0.05) is 27.1 Å². The van der Waals surface area contributed by atoms with Gasteiger partial charge in [0.25, 0.3) is 0 Å². The highest BCUT2D eigenvalue weighted by Crippen LogP contribution is 2.27. The molecule has 0 aliphatic carbocycles. The van der Waals surface area contributed by atoms with Crippen molar-refractivity contribution in [3.63, 3.8) is 0 Å². The van der Waals surface area contributed by atoms with Gasteiger partial charge < -0.3 is 15.5 Å². The lowest BCUT2D eigenvalue weighted by Crippen LogP contribution is -2.00. The van der Waals surface area contributed by atoms with E-state index < -0.39 is 0 Å². The molecule has 23 heavy (non-hydrogen) atoms. The summed E-state index contributed by atoms with van der Waals surface area (Å²) in [6, 6.07) is 12.1. The largest absolute Gasteiger partial charge is 0.508 e. The summed E-state index contributed by atoms with van der Waals surface area (Å²) in [7, 11) is 0. The van der Waals surface area contributed by atoms with Crippen LogP contribution in [0.1, 0.15) is 5.56 Å². The van der Waals surface area contributed by atoms with E-state index in [1.54, 1.807) is 36.5 Å². The van der Waals surface area contributed by atoms with Gasteiger partial charge in [-0.2, -0.15) is 0 Å². The lowest BCUT2D eigenvalue weighted by Gasteiger charge is -2.10. The Morgan fingerprint density at radius 3 is 2.61 bits per heavy atom. The molecule has 0 aliphatic rings. The van der Waals surface area contributed by atoms with Gasteiger partial charge in [0.05, 0.1) is 5.69 Å². The molecule has 0 aliphatic heterocycles. The molecule has 3 rings (SSSR count). The summed E-state index contributed by atoms with van der Waals surface area (Å²) in [5.74, 6) is 0.799. The molecule has 1 aromatic heterocycles. The summed E-state index contributed by atoms with van der Waals surface area (Å²) in [6.07, 6.45) is 1.72. The topological polar surface area (TPSA) is 78.3 Å². The molecule has 3 N–H and O–H groups in total. The van der Waals surface area contributed by atoms with Crippen molar-refractivity contribution >= 4 is 34.2 Å². The number of hydrogen-bond donors (Lipinski definition) is 3. The molecule has 1 heterocycles. The number of hydrogen-bond acceptors (Lipinski definition) is 5. The molecule has 0 bridgehead atoms. The molecular weight excluding hydrogens is 405 g/mol. The fourth-order valence-electron chi connectivity index (χ4n) is 2.22. The zero-order chi connectivity index (χ0) is 16.4. The van der Waals surface area contributed by atoms with Gasteiger partial charge in [-0.15, -0.1) is 0 Å². The zero-order valence-electron chi connectivity index (χ0n) is 12.3. The molecule has 0 amide bonds. The minimum Gasteiger partial charge on any atom is -0.508 e. The number of aryl methyl sites for hydroxylation is 1. The third-order valence-corrected chi connectivity index (χ3v) is 3.85. The van der Waals surface area contributed by atoms with E-state index in [4.69, 9.17) is 0 Å². The van der Waals surface area contributed by atoms with Crippen LogP contribution in [0, 0.1) is 10.5 Å². The van der Waals surface area contributed by atoms with Crippen LogP contribution in [0.15, 0.2) is 48.7 Å². The molecule has 116 valence electrons. The number of benzene rings is 2. The van der Waals surface area contributed by atoms with E-state index in [0.29, 0.717) is 11.6 Å². The van der Waals surface area contributed by atoms with Gasteiger partial charge in [-0.05, 0) is 59.3 Å². The Kier molecular flexibility index (Phi) is 4.33. The van der Waals surface area contributed by atoms with Crippen LogP contribution in [0.3, 0.4) is 0 Å². The summed E-state index contributed by atoms with van der Waals surface area (Å²) in [4.78, 5) is 8.79. The van der Waals surface area contributed by atoms with Crippen molar-refractivity contribution in [2.45, 2.75) is 6.92 Å². The number of nitrogens with zero attached hydrogens (tertiary/aromatic N) is 2. The summed E-state index contributed by atoms with van der Waals surface area (Å²) < 4.78 is 0.908. The summed E-state index contributed by atoms with van der Waals surface area (Å²) in [5.41, 5.74) is 3.18. The van der Waals surface area contributed by atoms with Crippen LogP contribution in [0.25, 0.3) is 11.3 Å². The van der Waals surface area contributed by atoms with Crippen molar-refractivity contribution < 1.29 is 10.2 Å². The first-order valence-electron chi connectivity index (χ1n) is 6.91. The van der Waals surface area contributed by atoms with Gasteiger partial charge in [0.1, 0.15) is 11.5 Å². The van der Waals surface area contributed by atoms with Crippen LogP contribution in [-0.2, 0) is 0 Å². The first-order chi connectivity index (χ1) is 11.0. The van der Waals surface area contributed by atoms with Crippen molar-refractivity contribution in [1.29, 1.82) is 0 Å². The van der Waals surface area contributed by atoms with Gasteiger partial charge in [0.15, 0.2) is 0 Å². The molecule has 0 saturated carbocycles. The Bertz CT molecular complexity index is 848. The Morgan fingerprint density at radius 1 is 1.04 bits per heavy atom. The van der Waals surface area contributed by atoms with Crippen LogP contribution in [-0.4, -0.2) is 20.2 Å². The maximum atomic E-state index is 9.67. The Hall–Kier alpha value is -2.35. The smallest absolute Gasteiger partial charge is 0.227 e. The Balaban J connectivity index is 1.97. The number of rotatable bonds is 3. The summed E-state index contributed by atoms with van der Waals surface area (Å²) in [5, 5.41) is 22.4. The van der Waals surface area contributed by atoms with E-state index in [1.165, 1.54) is 0 Å². The number of aromatic hydroxyl groups is 2. The first-order valence-corrected chi connectivity index (χ1v) is 7.99. The SMILES string of the molecule is Cc1cnc(Nc2cc(O)cc(I)c2)nc1-c1cccc(O)c1. The van der Waals surface area contributed by atoms with Crippen LogP contribution in [0.4, 0.5) is 11.6 Å². The minimum atomic E-state index is 0.180. The fourth-order valence-corrected chi connectivity index (χ4v) is 2.88. The monoisotopic (exact) mass is 419 g/mol. The van der Waals surface area contributed by atoms with Crippen molar-refractivity contribution in [3.05, 3.63) is 57.8 Å². The first kappa shape index (κ1) is 15.5. The zero-order valence-corrected chi connectivity index (χ0v) is 14.4. The van der Waals surface area contributed by atoms with Crippen molar-refractivity contribution in [2.24, 2.45) is 0 Å². The third kappa shape index (κ3) is 3.70. The second-order valence-electron chi connectivity index (χ2n) is 5.10. The molecule has 5 nitrogen and oxygen atoms in total. The summed E-state index contributed by atoms with van der Waals surface area (Å²) in [6.45, 7) is 1.92. The summed E-state index contributed by atoms with van der Waals surface area (Å²) >= 11 is 2.13. The second kappa shape index (κ2) is 6.41. The Morgan fingerprint density at radius 2 is 1.87 bits per heavy atom. The van der Waals surface area contributed by atoms with Crippen molar-refractivity contribution in [2.75, 3.05) is 5.32 Å². The maximum absolute atomic E-state index is 9.67. The standard InChI is InChI=1S/C17H14IN3O2/c1-10-9-19-17(20-13-6-12(18)7-15(23)8-13)21-16(10)11-3-2-4-14(22)5-11/h2-9,22-23H,1H3,(H,19,20,21). The molecule has 0 radical (unpaired) electrons. The molecule has 3 aromatic rings. The molecular formula is C17H14IN3O2. The molecule has 0 spiro atoms. The number of phenols is 2. The number of halogens is 1. The van der Waals surface area contributed by atoms with Crippen molar-refractivity contribution in [1.82, 2.24) is 9.97 Å². The third-order valence-electron chi connectivity index (χ3n) is 3.23. The molecule has 0 saturated heterocycles. The molecule has 6 heteroatoms. The minimum absolute atomic E-state index is 0.180. The van der Waals surface area contributed by atoms with Crippen LogP contribution in [0.2, 0.25) is 0 Å². The average Bonchev–Trinajstić information content (AvgIpc) is 2.48. The van der Waals surface area contributed by atoms with Gasteiger partial charge in [-0.3, -0.25) is 0 Å². The Labute approximate surface area is 147 Å². The molecule has 0 atom stereocenters. The number of anilines is 2. The molecule has 2 aromatic carbocycles. The van der Waals surface area contributed by atoms with E-state index in [-0.39, 0.29) is 11.5 Å². The van der Waals surface area contributed by atoms with Gasteiger partial charge in [0.2, 0.25) is 5.95 Å². The van der Waals surface area contributed by atoms with Crippen LogP contribution in [0.5, 0.6) is 11.5 Å². The normalized spacial score (nSPS) is 10.5. The highest BCUT2D eigenvalue weighted by atomic mass is 127. The number of nitrogens with one attached hydrogen (secondary N) is 1. The maximum Gasteiger partial charge on any atom is 0.227 e. The van der Waals surface area contributed by atoms with Gasteiger partial charge in [-0.25, -0.2) is 9.97 Å². The number of aromatic nitrogens is 2. The van der Waals surface area contributed by atoms with Gasteiger partial charge in [-0.1, -0.05) is 12.1 Å². The highest BCUT2D eigenvalue weighted by molar-refractivity contribution is 14.1. The van der Waals surface area contributed by atoms with Crippen molar-refractivity contribution in [3.8, 4) is 22.8 Å². The van der Waals surface area contributed by atoms with E-state index in [2.05, 4.69) is 37.9 Å². The number of phenolic OH excluding ortho intramolecular Hbond substituents is 2. The lowest BCUT2D eigenvalue weighted by atomic mass is 10.1. The predicted octanol–water partition coefficient (Wildman–Crippen LogP) is 4.21. The van der Waals surface area contributed by atoms with E-state index in [9.17, 15) is 10.2 Å². The quantitative estimate of drug-likeness (QED) is 0.555. The average molecular weight is 419 g/mol. The lowest BCUT2D eigenvalue weighted by molar-refractivity contribution is 0.475. The predicted molar refractivity (Wildman–Crippen MR) is 98.0 cm³/mol. The van der Waals surface area contributed by atoms with E-state index >= 15 is 0 Å². The van der Waals surface area contributed by atoms with E-state index in [1.807, 2.05) is 19.1 Å².